The van der Waals surface area contributed by atoms with E-state index < -0.39 is 6.04 Å². The van der Waals surface area contributed by atoms with Crippen LogP contribution in [0.2, 0.25) is 0 Å². The standard InChI is InChI=1S/C23H34N4O3/c1-22(2)14-17(15-23(3,4)26-22)24-19(28)11-10-18-20(29)27(21(30)25-18)13-12-16-8-6-5-7-9-16/h5-9,17-18,26H,10-15H2,1-4H3,(H,24,28)(H,25,30)/t18-/m0/s1. The van der Waals surface area contributed by atoms with E-state index in [4.69, 9.17) is 0 Å². The highest BCUT2D eigenvalue weighted by molar-refractivity contribution is 6.04. The monoisotopic (exact) mass is 414 g/mol. The molecule has 0 radical (unpaired) electrons. The molecule has 2 saturated heterocycles. The van der Waals surface area contributed by atoms with Crippen molar-refractivity contribution in [1.82, 2.24) is 20.9 Å². The number of urea groups is 1. The highest BCUT2D eigenvalue weighted by atomic mass is 16.2. The van der Waals surface area contributed by atoms with E-state index in [0.29, 0.717) is 19.4 Å². The Morgan fingerprint density at radius 1 is 1.10 bits per heavy atom. The van der Waals surface area contributed by atoms with Gasteiger partial charge in [-0.15, -0.1) is 0 Å². The van der Waals surface area contributed by atoms with E-state index in [1.54, 1.807) is 0 Å². The zero-order valence-electron chi connectivity index (χ0n) is 18.5. The second-order valence-corrected chi connectivity index (χ2v) is 9.83. The minimum atomic E-state index is -0.625. The third kappa shape index (κ3) is 5.81. The Labute approximate surface area is 179 Å². The summed E-state index contributed by atoms with van der Waals surface area (Å²) in [5.41, 5.74) is 0.983. The van der Waals surface area contributed by atoms with Gasteiger partial charge in [0.25, 0.3) is 5.91 Å². The van der Waals surface area contributed by atoms with Crippen LogP contribution in [0, 0.1) is 0 Å². The average molecular weight is 415 g/mol. The Morgan fingerprint density at radius 2 is 1.73 bits per heavy atom. The van der Waals surface area contributed by atoms with E-state index in [1.165, 1.54) is 4.90 Å². The van der Waals surface area contributed by atoms with Gasteiger partial charge in [-0.1, -0.05) is 30.3 Å². The van der Waals surface area contributed by atoms with Crippen LogP contribution in [0.25, 0.3) is 0 Å². The number of carbonyl (C=O) groups is 3. The molecule has 0 aliphatic carbocycles. The fourth-order valence-electron chi connectivity index (χ4n) is 4.87. The molecule has 0 bridgehead atoms. The van der Waals surface area contributed by atoms with Crippen molar-refractivity contribution in [3.05, 3.63) is 35.9 Å². The second-order valence-electron chi connectivity index (χ2n) is 9.83. The van der Waals surface area contributed by atoms with Gasteiger partial charge in [-0.25, -0.2) is 4.79 Å². The number of hydrogen-bond donors (Lipinski definition) is 3. The third-order valence-corrected chi connectivity index (χ3v) is 5.79. The van der Waals surface area contributed by atoms with Crippen LogP contribution in [0.3, 0.4) is 0 Å². The van der Waals surface area contributed by atoms with Gasteiger partial charge in [0.1, 0.15) is 6.04 Å². The molecule has 3 rings (SSSR count). The number of amides is 4. The first-order valence-corrected chi connectivity index (χ1v) is 10.8. The van der Waals surface area contributed by atoms with Crippen molar-refractivity contribution in [2.75, 3.05) is 6.54 Å². The van der Waals surface area contributed by atoms with Gasteiger partial charge < -0.3 is 16.0 Å². The van der Waals surface area contributed by atoms with Crippen molar-refractivity contribution in [2.45, 2.75) is 83.0 Å². The summed E-state index contributed by atoms with van der Waals surface area (Å²) in [5, 5.41) is 9.45. The minimum Gasteiger partial charge on any atom is -0.353 e. The Hall–Kier alpha value is -2.41. The van der Waals surface area contributed by atoms with Crippen LogP contribution in [-0.4, -0.2) is 52.5 Å². The molecule has 2 aliphatic heterocycles. The number of rotatable bonds is 7. The molecule has 2 aliphatic rings. The maximum atomic E-state index is 12.6. The van der Waals surface area contributed by atoms with Crippen molar-refractivity contribution >= 4 is 17.8 Å². The van der Waals surface area contributed by atoms with Gasteiger partial charge in [0.2, 0.25) is 5.91 Å². The molecular weight excluding hydrogens is 380 g/mol. The zero-order valence-corrected chi connectivity index (χ0v) is 18.5. The first kappa shape index (κ1) is 22.3. The van der Waals surface area contributed by atoms with Crippen molar-refractivity contribution in [2.24, 2.45) is 0 Å². The van der Waals surface area contributed by atoms with Crippen LogP contribution in [-0.2, 0) is 16.0 Å². The average Bonchev–Trinajstić information content (AvgIpc) is 2.89. The van der Waals surface area contributed by atoms with Gasteiger partial charge in [0.15, 0.2) is 0 Å². The fraction of sp³-hybridized carbons (Fsp3) is 0.609. The van der Waals surface area contributed by atoms with Crippen LogP contribution in [0.1, 0.15) is 58.9 Å². The van der Waals surface area contributed by atoms with E-state index in [9.17, 15) is 14.4 Å². The summed E-state index contributed by atoms with van der Waals surface area (Å²) < 4.78 is 0. The van der Waals surface area contributed by atoms with Gasteiger partial charge in [-0.2, -0.15) is 0 Å². The molecule has 1 aromatic carbocycles. The normalized spacial score (nSPS) is 23.3. The van der Waals surface area contributed by atoms with Gasteiger partial charge in [-0.3, -0.25) is 14.5 Å². The summed E-state index contributed by atoms with van der Waals surface area (Å²) in [4.78, 5) is 38.6. The largest absolute Gasteiger partial charge is 0.353 e. The minimum absolute atomic E-state index is 0.0473. The predicted octanol–water partition coefficient (Wildman–Crippen LogP) is 2.36. The number of benzene rings is 1. The molecular formula is C23H34N4O3. The molecule has 1 atom stereocenters. The highest BCUT2D eigenvalue weighted by Crippen LogP contribution is 2.28. The van der Waals surface area contributed by atoms with Crippen LogP contribution >= 0.6 is 0 Å². The molecule has 0 aromatic heterocycles. The number of piperidine rings is 1. The molecule has 4 amide bonds. The van der Waals surface area contributed by atoms with Crippen LogP contribution < -0.4 is 16.0 Å². The molecule has 30 heavy (non-hydrogen) atoms. The van der Waals surface area contributed by atoms with Crippen LogP contribution in [0.4, 0.5) is 4.79 Å². The molecule has 0 saturated carbocycles. The topological polar surface area (TPSA) is 90.5 Å². The molecule has 2 fully saturated rings. The van der Waals surface area contributed by atoms with Gasteiger partial charge in [0, 0.05) is 30.1 Å². The van der Waals surface area contributed by atoms with E-state index in [2.05, 4.69) is 43.6 Å². The molecule has 0 spiro atoms. The quantitative estimate of drug-likeness (QED) is 0.598. The van der Waals surface area contributed by atoms with Crippen molar-refractivity contribution in [1.29, 1.82) is 0 Å². The lowest BCUT2D eigenvalue weighted by Crippen LogP contribution is -2.62. The molecule has 3 N–H and O–H groups in total. The van der Waals surface area contributed by atoms with Crippen molar-refractivity contribution < 1.29 is 14.4 Å². The molecule has 2 heterocycles. The number of nitrogens with one attached hydrogen (secondary N) is 3. The summed E-state index contributed by atoms with van der Waals surface area (Å²) in [6.45, 7) is 8.91. The first-order valence-electron chi connectivity index (χ1n) is 10.8. The van der Waals surface area contributed by atoms with Crippen molar-refractivity contribution in [3.8, 4) is 0 Å². The molecule has 164 valence electrons. The van der Waals surface area contributed by atoms with Gasteiger partial charge in [0.05, 0.1) is 0 Å². The Kier molecular flexibility index (Phi) is 6.50. The summed E-state index contributed by atoms with van der Waals surface area (Å²) in [6.07, 6.45) is 2.86. The third-order valence-electron chi connectivity index (χ3n) is 5.79. The van der Waals surface area contributed by atoms with Crippen LogP contribution in [0.5, 0.6) is 0 Å². The van der Waals surface area contributed by atoms with E-state index in [-0.39, 0.29) is 41.4 Å². The number of imide groups is 1. The number of nitrogens with zero attached hydrogens (tertiary/aromatic N) is 1. The lowest BCUT2D eigenvalue weighted by atomic mass is 9.79. The summed E-state index contributed by atoms with van der Waals surface area (Å²) >= 11 is 0. The molecule has 7 nitrogen and oxygen atoms in total. The zero-order chi connectivity index (χ0) is 21.9. The summed E-state index contributed by atoms with van der Waals surface area (Å²) in [7, 11) is 0. The summed E-state index contributed by atoms with van der Waals surface area (Å²) in [6, 6.07) is 8.86. The van der Waals surface area contributed by atoms with E-state index in [1.807, 2.05) is 30.3 Å². The summed E-state index contributed by atoms with van der Waals surface area (Å²) in [5.74, 6) is -0.314. The number of hydrogen-bond acceptors (Lipinski definition) is 4. The molecule has 1 aromatic rings. The molecule has 0 unspecified atom stereocenters. The Balaban J connectivity index is 1.47. The van der Waals surface area contributed by atoms with Crippen molar-refractivity contribution in [3.63, 3.8) is 0 Å². The lowest BCUT2D eigenvalue weighted by molar-refractivity contribution is -0.127. The Bertz CT molecular complexity index is 775. The lowest BCUT2D eigenvalue weighted by Gasteiger charge is -2.46. The van der Waals surface area contributed by atoms with Crippen LogP contribution in [0.15, 0.2) is 30.3 Å². The fourth-order valence-corrected chi connectivity index (χ4v) is 4.87. The molecule has 7 heteroatoms. The second kappa shape index (κ2) is 8.76. The maximum Gasteiger partial charge on any atom is 0.324 e. The van der Waals surface area contributed by atoms with E-state index >= 15 is 0 Å². The highest BCUT2D eigenvalue weighted by Gasteiger charge is 2.39. The maximum absolute atomic E-state index is 12.6. The SMILES string of the molecule is CC1(C)CC(NC(=O)CC[C@@H]2NC(=O)N(CCc3ccccc3)C2=O)CC(C)(C)N1. The Morgan fingerprint density at radius 3 is 2.37 bits per heavy atom. The van der Waals surface area contributed by atoms with Gasteiger partial charge in [-0.05, 0) is 58.9 Å². The predicted molar refractivity (Wildman–Crippen MR) is 116 cm³/mol. The first-order chi connectivity index (χ1) is 14.0. The van der Waals surface area contributed by atoms with E-state index in [0.717, 1.165) is 18.4 Å². The smallest absolute Gasteiger partial charge is 0.324 e. The number of carbonyl (C=O) groups excluding carboxylic acids is 3. The van der Waals surface area contributed by atoms with Gasteiger partial charge >= 0.3 is 6.03 Å².